The van der Waals surface area contributed by atoms with Gasteiger partial charge < -0.3 is 15.6 Å². The van der Waals surface area contributed by atoms with E-state index in [1.165, 1.54) is 30.5 Å². The van der Waals surface area contributed by atoms with Gasteiger partial charge in [0.15, 0.2) is 5.69 Å². The van der Waals surface area contributed by atoms with Gasteiger partial charge in [-0.05, 0) is 24.3 Å². The van der Waals surface area contributed by atoms with Gasteiger partial charge in [0.05, 0.1) is 29.3 Å². The third kappa shape index (κ3) is 5.00. The lowest BCUT2D eigenvalue weighted by Crippen LogP contribution is -2.21. The lowest BCUT2D eigenvalue weighted by atomic mass is 10.1. The van der Waals surface area contributed by atoms with Crippen molar-refractivity contribution in [3.8, 4) is 5.69 Å². The fourth-order valence-electron chi connectivity index (χ4n) is 3.57. The van der Waals surface area contributed by atoms with Crippen molar-refractivity contribution < 1.29 is 35.9 Å². The van der Waals surface area contributed by atoms with E-state index in [9.17, 15) is 40.7 Å². The van der Waals surface area contributed by atoms with Gasteiger partial charge in [-0.1, -0.05) is 6.07 Å². The molecule has 1 aromatic carbocycles. The summed E-state index contributed by atoms with van der Waals surface area (Å²) >= 11 is 0. The topological polar surface area (TPSA) is 122 Å². The van der Waals surface area contributed by atoms with E-state index in [1.807, 2.05) is 10.6 Å². The zero-order valence-electron chi connectivity index (χ0n) is 18.5. The smallest absolute Gasteiger partial charge is 0.329 e. The molecule has 15 heteroatoms. The molecule has 4 aromatic rings. The Morgan fingerprint density at radius 2 is 1.70 bits per heavy atom. The van der Waals surface area contributed by atoms with Crippen molar-refractivity contribution in [2.75, 3.05) is 10.6 Å². The molecule has 0 saturated heterocycles. The lowest BCUT2D eigenvalue weighted by molar-refractivity contribution is -0.143. The van der Waals surface area contributed by atoms with Gasteiger partial charge in [0.2, 0.25) is 5.91 Å². The summed E-state index contributed by atoms with van der Waals surface area (Å²) in [5, 5.41) is 7.70. The monoisotopic (exact) mass is 524 g/mol. The number of aromatic amines is 1. The number of carbonyl (C=O) groups excluding carboxylic acids is 2. The summed E-state index contributed by atoms with van der Waals surface area (Å²) in [6.07, 6.45) is -7.55. The van der Waals surface area contributed by atoms with Crippen LogP contribution in [0.25, 0.3) is 16.5 Å². The fourth-order valence-corrected chi connectivity index (χ4v) is 3.57. The summed E-state index contributed by atoms with van der Waals surface area (Å²) in [4.78, 5) is 41.9. The van der Waals surface area contributed by atoms with Gasteiger partial charge in [0, 0.05) is 23.9 Å². The van der Waals surface area contributed by atoms with Crippen molar-refractivity contribution in [1.29, 1.82) is 0 Å². The fraction of sp³-hybridized carbons (Fsp3) is 0.136. The van der Waals surface area contributed by atoms with Gasteiger partial charge >= 0.3 is 12.4 Å². The molecule has 3 aromatic heterocycles. The van der Waals surface area contributed by atoms with Gasteiger partial charge in [-0.2, -0.15) is 31.4 Å². The van der Waals surface area contributed by atoms with Crippen LogP contribution in [0.4, 0.5) is 37.8 Å². The standard InChI is InChI=1S/C22H14F6N6O3/c1-10(35)32-18-15(21(23,24)25)7-11(8-30-18)33-20(37)14-9-31-34(17(14)22(26,27)28)16-4-2-3-13-12(16)5-6-29-19(13)36/h2-9H,1H3,(H,29,36)(H,33,37)(H,30,32,35). The first-order valence-electron chi connectivity index (χ1n) is 10.2. The number of nitrogens with zero attached hydrogens (tertiary/aromatic N) is 3. The first-order chi connectivity index (χ1) is 17.3. The number of benzene rings is 1. The summed E-state index contributed by atoms with van der Waals surface area (Å²) in [6, 6.07) is 5.75. The molecule has 0 atom stereocenters. The second-order valence-corrected chi connectivity index (χ2v) is 7.61. The number of hydrogen-bond acceptors (Lipinski definition) is 5. The summed E-state index contributed by atoms with van der Waals surface area (Å²) in [5.74, 6) is -3.10. The van der Waals surface area contributed by atoms with Crippen molar-refractivity contribution in [3.63, 3.8) is 0 Å². The third-order valence-electron chi connectivity index (χ3n) is 5.05. The minimum Gasteiger partial charge on any atom is -0.329 e. The number of anilines is 2. The summed E-state index contributed by atoms with van der Waals surface area (Å²) in [5.41, 5.74) is -5.23. The maximum Gasteiger partial charge on any atom is 0.434 e. The average molecular weight is 524 g/mol. The molecule has 3 N–H and O–H groups in total. The van der Waals surface area contributed by atoms with Gasteiger partial charge in [0.1, 0.15) is 11.4 Å². The number of hydrogen-bond donors (Lipinski definition) is 3. The highest BCUT2D eigenvalue weighted by Crippen LogP contribution is 2.37. The van der Waals surface area contributed by atoms with Crippen LogP contribution in [0.15, 0.2) is 53.7 Å². The third-order valence-corrected chi connectivity index (χ3v) is 5.05. The average Bonchev–Trinajstić information content (AvgIpc) is 3.25. The van der Waals surface area contributed by atoms with Crippen LogP contribution in [0.3, 0.4) is 0 Å². The maximum atomic E-state index is 14.1. The summed E-state index contributed by atoms with van der Waals surface area (Å²) < 4.78 is 82.9. The van der Waals surface area contributed by atoms with Crippen LogP contribution < -0.4 is 16.2 Å². The van der Waals surface area contributed by atoms with Crippen molar-refractivity contribution in [3.05, 3.63) is 76.1 Å². The van der Waals surface area contributed by atoms with Crippen molar-refractivity contribution in [2.45, 2.75) is 19.3 Å². The molecule has 0 aliphatic rings. The molecule has 2 amide bonds. The van der Waals surface area contributed by atoms with E-state index >= 15 is 0 Å². The van der Waals surface area contributed by atoms with Crippen LogP contribution in [-0.4, -0.2) is 31.6 Å². The molecule has 0 aliphatic heterocycles. The van der Waals surface area contributed by atoms with Crippen LogP contribution in [0, 0.1) is 0 Å². The molecular formula is C22H14F6N6O3. The Balaban J connectivity index is 1.78. The quantitative estimate of drug-likeness (QED) is 0.343. The Bertz CT molecular complexity index is 1590. The second-order valence-electron chi connectivity index (χ2n) is 7.61. The van der Waals surface area contributed by atoms with Crippen molar-refractivity contribution >= 4 is 34.1 Å². The highest BCUT2D eigenvalue weighted by Gasteiger charge is 2.41. The predicted octanol–water partition coefficient (Wildman–Crippen LogP) is 4.36. The van der Waals surface area contributed by atoms with Crippen molar-refractivity contribution in [2.24, 2.45) is 0 Å². The number of alkyl halides is 6. The number of amides is 2. The Kier molecular flexibility index (Phi) is 6.23. The van der Waals surface area contributed by atoms with E-state index in [-0.39, 0.29) is 16.5 Å². The van der Waals surface area contributed by atoms with Crippen molar-refractivity contribution in [1.82, 2.24) is 19.7 Å². The molecule has 4 rings (SSSR count). The summed E-state index contributed by atoms with van der Waals surface area (Å²) in [7, 11) is 0. The number of aromatic nitrogens is 4. The predicted molar refractivity (Wildman–Crippen MR) is 118 cm³/mol. The number of rotatable bonds is 4. The Hall–Kier alpha value is -4.69. The molecule has 0 bridgehead atoms. The van der Waals surface area contributed by atoms with Gasteiger partial charge in [-0.25, -0.2) is 9.67 Å². The molecule has 0 saturated carbocycles. The van der Waals surface area contributed by atoms with E-state index < -0.39 is 58.1 Å². The number of halogens is 6. The number of pyridine rings is 2. The van der Waals surface area contributed by atoms with E-state index in [0.29, 0.717) is 16.9 Å². The SMILES string of the molecule is CC(=O)Nc1ncc(NC(=O)c2cnn(-c3cccc4c(=O)[nH]ccc34)c2C(F)(F)F)cc1C(F)(F)F. The molecule has 0 unspecified atom stereocenters. The molecule has 0 spiro atoms. The lowest BCUT2D eigenvalue weighted by Gasteiger charge is -2.15. The zero-order valence-corrected chi connectivity index (χ0v) is 18.5. The minimum atomic E-state index is -5.13. The Morgan fingerprint density at radius 1 is 0.973 bits per heavy atom. The van der Waals surface area contributed by atoms with Gasteiger partial charge in [0.25, 0.3) is 11.5 Å². The first-order valence-corrected chi connectivity index (χ1v) is 10.2. The first kappa shape index (κ1) is 25.4. The zero-order chi connectivity index (χ0) is 27.1. The van der Waals surface area contributed by atoms with Crippen LogP contribution >= 0.6 is 0 Å². The normalized spacial score (nSPS) is 12.0. The van der Waals surface area contributed by atoms with Gasteiger partial charge in [-0.3, -0.25) is 14.4 Å². The maximum absolute atomic E-state index is 14.1. The summed E-state index contributed by atoms with van der Waals surface area (Å²) in [6.45, 7) is 0.958. The number of carbonyl (C=O) groups is 2. The second kappa shape index (κ2) is 9.07. The number of fused-ring (bicyclic) bond motifs is 1. The van der Waals surface area contributed by atoms with E-state index in [1.54, 1.807) is 0 Å². The largest absolute Gasteiger partial charge is 0.434 e. The molecule has 3 heterocycles. The van der Waals surface area contributed by atoms with Crippen LogP contribution in [0.1, 0.15) is 28.5 Å². The molecular weight excluding hydrogens is 510 g/mol. The van der Waals surface area contributed by atoms with E-state index in [0.717, 1.165) is 13.1 Å². The molecule has 0 fully saturated rings. The van der Waals surface area contributed by atoms with E-state index in [2.05, 4.69) is 15.1 Å². The van der Waals surface area contributed by atoms with Crippen LogP contribution in [-0.2, 0) is 17.1 Å². The van der Waals surface area contributed by atoms with Crippen LogP contribution in [0.2, 0.25) is 0 Å². The molecule has 0 radical (unpaired) electrons. The molecule has 37 heavy (non-hydrogen) atoms. The van der Waals surface area contributed by atoms with Gasteiger partial charge in [-0.15, -0.1) is 0 Å². The number of nitrogens with one attached hydrogen (secondary N) is 3. The Labute approximate surface area is 202 Å². The van der Waals surface area contributed by atoms with E-state index in [4.69, 9.17) is 0 Å². The molecule has 9 nitrogen and oxygen atoms in total. The molecule has 0 aliphatic carbocycles. The molecule has 192 valence electrons. The highest BCUT2D eigenvalue weighted by molar-refractivity contribution is 6.05. The number of H-pyrrole nitrogens is 1. The van der Waals surface area contributed by atoms with Crippen LogP contribution in [0.5, 0.6) is 0 Å². The Morgan fingerprint density at radius 3 is 2.35 bits per heavy atom. The highest BCUT2D eigenvalue weighted by atomic mass is 19.4. The minimum absolute atomic E-state index is 0.0691.